The van der Waals surface area contributed by atoms with Crippen LogP contribution in [0.5, 0.6) is 0 Å². The first-order valence-electron chi connectivity index (χ1n) is 4.91. The first-order chi connectivity index (χ1) is 6.53. The molecule has 0 saturated heterocycles. The van der Waals surface area contributed by atoms with Crippen molar-refractivity contribution in [1.29, 1.82) is 0 Å². The van der Waals surface area contributed by atoms with Gasteiger partial charge in [-0.2, -0.15) is 0 Å². The minimum absolute atomic E-state index is 0.0315. The number of hydrogen-bond donors (Lipinski definition) is 0. The van der Waals surface area contributed by atoms with Gasteiger partial charge in [-0.05, 0) is 27.2 Å². The minimum atomic E-state index is -1.03. The molecule has 0 saturated carbocycles. The van der Waals surface area contributed by atoms with Gasteiger partial charge in [-0.25, -0.2) is 0 Å². The maximum Gasteiger partial charge on any atom is 0.323 e. The van der Waals surface area contributed by atoms with Crippen LogP contribution in [-0.2, 0) is 14.3 Å². The Labute approximate surface area is 84.1 Å². The Kier molecular flexibility index (Phi) is 3.09. The molecular formula is C11H16O3. The van der Waals surface area contributed by atoms with E-state index in [1.807, 2.05) is 13.0 Å². The van der Waals surface area contributed by atoms with E-state index >= 15 is 0 Å². The fraction of sp³-hybridized carbons (Fsp3) is 0.636. The molecule has 1 unspecified atom stereocenters. The topological polar surface area (TPSA) is 43.4 Å². The SMILES string of the molecule is CCOC(=O)C1(C)C(=O)CCC=C1C. The van der Waals surface area contributed by atoms with Gasteiger partial charge in [0.2, 0.25) is 0 Å². The third kappa shape index (κ3) is 1.59. The van der Waals surface area contributed by atoms with Gasteiger partial charge >= 0.3 is 5.97 Å². The average molecular weight is 196 g/mol. The number of hydrogen-bond acceptors (Lipinski definition) is 3. The van der Waals surface area contributed by atoms with Crippen LogP contribution in [0, 0.1) is 5.41 Å². The molecule has 0 amide bonds. The average Bonchev–Trinajstić information content (AvgIpc) is 2.14. The Morgan fingerprint density at radius 2 is 2.29 bits per heavy atom. The summed E-state index contributed by atoms with van der Waals surface area (Å²) in [5.74, 6) is -0.450. The van der Waals surface area contributed by atoms with Crippen LogP contribution in [0.25, 0.3) is 0 Å². The van der Waals surface area contributed by atoms with Crippen LogP contribution in [0.2, 0.25) is 0 Å². The molecule has 0 bridgehead atoms. The van der Waals surface area contributed by atoms with Crippen LogP contribution in [-0.4, -0.2) is 18.4 Å². The lowest BCUT2D eigenvalue weighted by atomic mass is 9.73. The van der Waals surface area contributed by atoms with Gasteiger partial charge in [-0.15, -0.1) is 0 Å². The lowest BCUT2D eigenvalue weighted by Gasteiger charge is -2.29. The zero-order chi connectivity index (χ0) is 10.8. The zero-order valence-electron chi connectivity index (χ0n) is 8.92. The first-order valence-corrected chi connectivity index (χ1v) is 4.91. The predicted molar refractivity (Wildman–Crippen MR) is 52.7 cm³/mol. The Bertz CT molecular complexity index is 291. The highest BCUT2D eigenvalue weighted by molar-refractivity contribution is 6.07. The van der Waals surface area contributed by atoms with Gasteiger partial charge in [0.05, 0.1) is 6.61 Å². The van der Waals surface area contributed by atoms with Crippen molar-refractivity contribution in [1.82, 2.24) is 0 Å². The van der Waals surface area contributed by atoms with Crippen molar-refractivity contribution < 1.29 is 14.3 Å². The summed E-state index contributed by atoms with van der Waals surface area (Å²) in [5.41, 5.74) is -0.221. The van der Waals surface area contributed by atoms with Crippen LogP contribution in [0.3, 0.4) is 0 Å². The molecule has 3 nitrogen and oxygen atoms in total. The summed E-state index contributed by atoms with van der Waals surface area (Å²) in [4.78, 5) is 23.4. The minimum Gasteiger partial charge on any atom is -0.465 e. The monoisotopic (exact) mass is 196 g/mol. The molecule has 1 aliphatic rings. The van der Waals surface area contributed by atoms with Crippen LogP contribution >= 0.6 is 0 Å². The molecule has 0 radical (unpaired) electrons. The largest absolute Gasteiger partial charge is 0.465 e. The van der Waals surface area contributed by atoms with Crippen molar-refractivity contribution in [3.8, 4) is 0 Å². The van der Waals surface area contributed by atoms with Crippen molar-refractivity contribution in [3.05, 3.63) is 11.6 Å². The number of rotatable bonds is 2. The number of esters is 1. The summed E-state index contributed by atoms with van der Waals surface area (Å²) in [6.45, 7) is 5.52. The Morgan fingerprint density at radius 3 is 2.79 bits per heavy atom. The van der Waals surface area contributed by atoms with E-state index in [0.717, 1.165) is 12.0 Å². The lowest BCUT2D eigenvalue weighted by molar-refractivity contribution is -0.156. The van der Waals surface area contributed by atoms with E-state index in [0.29, 0.717) is 13.0 Å². The Morgan fingerprint density at radius 1 is 1.64 bits per heavy atom. The Balaban J connectivity index is 2.99. The van der Waals surface area contributed by atoms with Gasteiger partial charge < -0.3 is 4.74 Å². The van der Waals surface area contributed by atoms with Crippen LogP contribution in [0.1, 0.15) is 33.6 Å². The van der Waals surface area contributed by atoms with E-state index in [-0.39, 0.29) is 5.78 Å². The summed E-state index contributed by atoms with van der Waals surface area (Å²) >= 11 is 0. The van der Waals surface area contributed by atoms with Gasteiger partial charge in [-0.1, -0.05) is 11.6 Å². The molecule has 0 aromatic heterocycles. The third-order valence-electron chi connectivity index (χ3n) is 2.85. The fourth-order valence-electron chi connectivity index (χ4n) is 1.64. The molecule has 14 heavy (non-hydrogen) atoms. The van der Waals surface area contributed by atoms with E-state index in [1.165, 1.54) is 0 Å². The van der Waals surface area contributed by atoms with Crippen LogP contribution in [0.15, 0.2) is 11.6 Å². The highest BCUT2D eigenvalue weighted by atomic mass is 16.5. The number of allylic oxidation sites excluding steroid dienone is 1. The molecule has 0 spiro atoms. The van der Waals surface area contributed by atoms with Crippen molar-refractivity contribution >= 4 is 11.8 Å². The number of Topliss-reactive ketones (excluding diaryl/α,β-unsaturated/α-hetero) is 1. The van der Waals surface area contributed by atoms with Crippen molar-refractivity contribution in [2.24, 2.45) is 5.41 Å². The molecule has 3 heteroatoms. The second-order valence-corrected chi connectivity index (χ2v) is 3.69. The highest BCUT2D eigenvalue weighted by Gasteiger charge is 2.44. The fourth-order valence-corrected chi connectivity index (χ4v) is 1.64. The van der Waals surface area contributed by atoms with Crippen LogP contribution in [0.4, 0.5) is 0 Å². The van der Waals surface area contributed by atoms with Gasteiger partial charge in [0.1, 0.15) is 5.41 Å². The van der Waals surface area contributed by atoms with Crippen molar-refractivity contribution in [2.75, 3.05) is 6.61 Å². The molecule has 0 aromatic carbocycles. The van der Waals surface area contributed by atoms with Crippen LogP contribution < -0.4 is 0 Å². The van der Waals surface area contributed by atoms with E-state index in [2.05, 4.69) is 0 Å². The van der Waals surface area contributed by atoms with E-state index in [4.69, 9.17) is 4.74 Å². The molecule has 1 aliphatic carbocycles. The number of carbonyl (C=O) groups excluding carboxylic acids is 2. The van der Waals surface area contributed by atoms with Gasteiger partial charge in [0, 0.05) is 6.42 Å². The Hall–Kier alpha value is -1.12. The van der Waals surface area contributed by atoms with Gasteiger partial charge in [0.15, 0.2) is 5.78 Å². The zero-order valence-corrected chi connectivity index (χ0v) is 8.92. The molecule has 0 heterocycles. The summed E-state index contributed by atoms with van der Waals surface area (Å²) in [7, 11) is 0. The molecule has 0 aliphatic heterocycles. The normalized spacial score (nSPS) is 27.1. The molecule has 0 fully saturated rings. The second-order valence-electron chi connectivity index (χ2n) is 3.69. The summed E-state index contributed by atoms with van der Waals surface area (Å²) < 4.78 is 4.92. The second kappa shape index (κ2) is 3.95. The first kappa shape index (κ1) is 11.0. The molecule has 0 N–H and O–H groups in total. The van der Waals surface area contributed by atoms with Crippen molar-refractivity contribution in [2.45, 2.75) is 33.6 Å². The quantitative estimate of drug-likeness (QED) is 0.384. The smallest absolute Gasteiger partial charge is 0.323 e. The molecular weight excluding hydrogens is 180 g/mol. The third-order valence-corrected chi connectivity index (χ3v) is 2.85. The standard InChI is InChI=1S/C11H16O3/c1-4-14-10(13)11(3)8(2)6-5-7-9(11)12/h6H,4-5,7H2,1-3H3. The predicted octanol–water partition coefficient (Wildman–Crippen LogP) is 1.86. The maximum absolute atomic E-state index is 11.7. The number of carbonyl (C=O) groups is 2. The highest BCUT2D eigenvalue weighted by Crippen LogP contribution is 2.35. The maximum atomic E-state index is 11.7. The molecule has 1 atom stereocenters. The van der Waals surface area contributed by atoms with Crippen molar-refractivity contribution in [3.63, 3.8) is 0 Å². The van der Waals surface area contributed by atoms with E-state index in [1.54, 1.807) is 13.8 Å². The van der Waals surface area contributed by atoms with E-state index in [9.17, 15) is 9.59 Å². The van der Waals surface area contributed by atoms with Gasteiger partial charge in [-0.3, -0.25) is 9.59 Å². The molecule has 1 rings (SSSR count). The summed E-state index contributed by atoms with van der Waals surface area (Å²) in [5, 5.41) is 0. The van der Waals surface area contributed by atoms with E-state index < -0.39 is 11.4 Å². The number of ketones is 1. The number of ether oxygens (including phenoxy) is 1. The van der Waals surface area contributed by atoms with Gasteiger partial charge in [0.25, 0.3) is 0 Å². The molecule has 78 valence electrons. The lowest BCUT2D eigenvalue weighted by Crippen LogP contribution is -2.40. The summed E-state index contributed by atoms with van der Waals surface area (Å²) in [6.07, 6.45) is 3.12. The molecule has 0 aromatic rings. The summed E-state index contributed by atoms with van der Waals surface area (Å²) in [6, 6.07) is 0.